The van der Waals surface area contributed by atoms with Gasteiger partial charge in [-0.1, -0.05) is 18.0 Å². The minimum atomic E-state index is -1.69. The van der Waals surface area contributed by atoms with Gasteiger partial charge in [-0.25, -0.2) is 4.99 Å². The molecule has 23 heavy (non-hydrogen) atoms. The van der Waals surface area contributed by atoms with Gasteiger partial charge in [-0.15, -0.1) is 0 Å². The molecule has 1 aliphatic carbocycles. The molecule has 3 nitrogen and oxygen atoms in total. The van der Waals surface area contributed by atoms with Crippen molar-refractivity contribution in [3.8, 4) is 5.75 Å². The molecule has 0 radical (unpaired) electrons. The van der Waals surface area contributed by atoms with Gasteiger partial charge in [0.15, 0.2) is 5.88 Å². The summed E-state index contributed by atoms with van der Waals surface area (Å²) in [7, 11) is -1.69. The van der Waals surface area contributed by atoms with Gasteiger partial charge >= 0.3 is 0 Å². The van der Waals surface area contributed by atoms with Crippen molar-refractivity contribution in [2.24, 2.45) is 4.99 Å². The van der Waals surface area contributed by atoms with Crippen LogP contribution in [0.15, 0.2) is 35.7 Å². The van der Waals surface area contributed by atoms with E-state index in [1.165, 1.54) is 19.3 Å². The topological polar surface area (TPSA) is 30.8 Å². The van der Waals surface area contributed by atoms with Crippen molar-refractivity contribution in [2.45, 2.75) is 57.8 Å². The van der Waals surface area contributed by atoms with Crippen molar-refractivity contribution < 1.29 is 9.16 Å². The Morgan fingerprint density at radius 3 is 2.61 bits per heavy atom. The number of benzene rings is 1. The number of rotatable bonds is 6. The minimum absolute atomic E-state index is 0.290. The molecule has 5 heteroatoms. The molecular formula is C18H26ClNO2Si. The zero-order valence-electron chi connectivity index (χ0n) is 14.3. The summed E-state index contributed by atoms with van der Waals surface area (Å²) in [4.78, 5) is 4.33. The quantitative estimate of drug-likeness (QED) is 0.368. The first-order valence-corrected chi connectivity index (χ1v) is 12.0. The Bertz CT molecular complexity index is 575. The lowest BCUT2D eigenvalue weighted by Gasteiger charge is -2.24. The predicted molar refractivity (Wildman–Crippen MR) is 100 cm³/mol. The van der Waals surface area contributed by atoms with E-state index in [0.29, 0.717) is 17.0 Å². The van der Waals surface area contributed by atoms with Crippen molar-refractivity contribution >= 4 is 26.1 Å². The van der Waals surface area contributed by atoms with Gasteiger partial charge in [0, 0.05) is 16.8 Å². The Kier molecular flexibility index (Phi) is 6.30. The molecule has 0 spiro atoms. The summed E-state index contributed by atoms with van der Waals surface area (Å²) in [5.41, 5.74) is 0.864. The molecule has 1 aromatic carbocycles. The molecule has 0 aliphatic heterocycles. The molecule has 1 aliphatic rings. The molecule has 0 atom stereocenters. The van der Waals surface area contributed by atoms with Crippen molar-refractivity contribution in [2.75, 3.05) is 0 Å². The number of halogens is 1. The highest BCUT2D eigenvalue weighted by Crippen LogP contribution is 2.27. The summed E-state index contributed by atoms with van der Waals surface area (Å²) >= 11 is 6.12. The zero-order chi connectivity index (χ0) is 16.9. The summed E-state index contributed by atoms with van der Waals surface area (Å²) in [5.74, 6) is 1.26. The Morgan fingerprint density at radius 1 is 1.26 bits per heavy atom. The molecule has 1 fully saturated rings. The number of nitrogens with zero attached hydrogens (tertiary/aromatic N) is 1. The Balaban J connectivity index is 2.10. The highest BCUT2D eigenvalue weighted by Gasteiger charge is 2.17. The second-order valence-electron chi connectivity index (χ2n) is 6.93. The van der Waals surface area contributed by atoms with E-state index < -0.39 is 8.32 Å². The van der Waals surface area contributed by atoms with Crippen LogP contribution >= 0.6 is 11.6 Å². The van der Waals surface area contributed by atoms with Gasteiger partial charge in [-0.05, 0) is 70.1 Å². The highest BCUT2D eigenvalue weighted by molar-refractivity contribution is 6.70. The first-order valence-electron chi connectivity index (χ1n) is 8.22. The maximum absolute atomic E-state index is 6.16. The average Bonchev–Trinajstić information content (AvgIpc) is 2.47. The standard InChI is InChI=1S/C18H26ClNO2Si/c1-14(22-23(2,3)4)20-13-15-12-16(19)10-11-18(15)21-17-8-6-5-7-9-17/h10-13,17H,1,5-9H2,2-4H3/b20-13+. The van der Waals surface area contributed by atoms with Gasteiger partial charge in [0.25, 0.3) is 0 Å². The summed E-state index contributed by atoms with van der Waals surface area (Å²) in [5, 5.41) is 0.666. The van der Waals surface area contributed by atoms with Crippen molar-refractivity contribution in [1.82, 2.24) is 0 Å². The third-order valence-electron chi connectivity index (χ3n) is 3.59. The van der Waals surface area contributed by atoms with Crippen molar-refractivity contribution in [3.63, 3.8) is 0 Å². The maximum atomic E-state index is 6.16. The number of hydrogen-bond acceptors (Lipinski definition) is 3. The molecule has 0 saturated heterocycles. The minimum Gasteiger partial charge on any atom is -0.532 e. The van der Waals surface area contributed by atoms with Crippen LogP contribution in [-0.2, 0) is 4.43 Å². The fraction of sp³-hybridized carbons (Fsp3) is 0.500. The lowest BCUT2D eigenvalue weighted by atomic mass is 9.98. The highest BCUT2D eigenvalue weighted by atomic mass is 35.5. The Morgan fingerprint density at radius 2 is 1.96 bits per heavy atom. The molecule has 1 saturated carbocycles. The van der Waals surface area contributed by atoms with E-state index in [1.54, 1.807) is 6.21 Å². The first-order chi connectivity index (χ1) is 10.8. The summed E-state index contributed by atoms with van der Waals surface area (Å²) < 4.78 is 11.9. The smallest absolute Gasteiger partial charge is 0.244 e. The van der Waals surface area contributed by atoms with Crippen LogP contribution in [0.25, 0.3) is 0 Å². The maximum Gasteiger partial charge on any atom is 0.244 e. The molecule has 126 valence electrons. The molecule has 0 N–H and O–H groups in total. The number of aliphatic imine (C=N–C) groups is 1. The molecule has 0 aromatic heterocycles. The molecule has 2 rings (SSSR count). The van der Waals surface area contributed by atoms with Crippen LogP contribution in [0.5, 0.6) is 5.75 Å². The second kappa shape index (κ2) is 8.02. The molecule has 1 aromatic rings. The van der Waals surface area contributed by atoms with Crippen molar-refractivity contribution in [1.29, 1.82) is 0 Å². The SMILES string of the molecule is C=C(/N=C/c1cc(Cl)ccc1OC1CCCCC1)O[Si](C)(C)C. The zero-order valence-corrected chi connectivity index (χ0v) is 16.0. The average molecular weight is 352 g/mol. The third kappa shape index (κ3) is 6.40. The van der Waals surface area contributed by atoms with Crippen LogP contribution in [0.3, 0.4) is 0 Å². The van der Waals surface area contributed by atoms with E-state index in [9.17, 15) is 0 Å². The predicted octanol–water partition coefficient (Wildman–Crippen LogP) is 5.79. The molecule has 0 amide bonds. The van der Waals surface area contributed by atoms with Gasteiger partial charge in [-0.2, -0.15) is 0 Å². The number of hydrogen-bond donors (Lipinski definition) is 0. The van der Waals surface area contributed by atoms with Gasteiger partial charge < -0.3 is 9.16 Å². The summed E-state index contributed by atoms with van der Waals surface area (Å²) in [6, 6.07) is 5.63. The van der Waals surface area contributed by atoms with Gasteiger partial charge in [0.1, 0.15) is 5.75 Å². The van der Waals surface area contributed by atoms with Crippen LogP contribution in [0.1, 0.15) is 37.7 Å². The van der Waals surface area contributed by atoms with E-state index in [-0.39, 0.29) is 0 Å². The van der Waals surface area contributed by atoms with Gasteiger partial charge in [0.2, 0.25) is 8.32 Å². The fourth-order valence-electron chi connectivity index (χ4n) is 2.61. The summed E-state index contributed by atoms with van der Waals surface area (Å²) in [6.45, 7) is 10.2. The number of ether oxygens (including phenoxy) is 1. The van der Waals surface area contributed by atoms with Crippen molar-refractivity contribution in [3.05, 3.63) is 41.2 Å². The van der Waals surface area contributed by atoms with E-state index in [0.717, 1.165) is 24.2 Å². The largest absolute Gasteiger partial charge is 0.532 e. The van der Waals surface area contributed by atoms with E-state index in [4.69, 9.17) is 20.8 Å². The second-order valence-corrected chi connectivity index (χ2v) is 11.8. The Labute approximate surface area is 145 Å². The first kappa shape index (κ1) is 18.1. The van der Waals surface area contributed by atoms with Crippen LogP contribution in [0.2, 0.25) is 24.7 Å². The molecular weight excluding hydrogens is 326 g/mol. The van der Waals surface area contributed by atoms with Crippen LogP contribution in [0, 0.1) is 0 Å². The van der Waals surface area contributed by atoms with E-state index in [2.05, 4.69) is 31.2 Å². The molecule has 0 bridgehead atoms. The molecule has 0 heterocycles. The summed E-state index contributed by atoms with van der Waals surface area (Å²) in [6.07, 6.45) is 8.04. The van der Waals surface area contributed by atoms with Gasteiger partial charge in [-0.3, -0.25) is 0 Å². The normalized spacial score (nSPS) is 16.5. The fourth-order valence-corrected chi connectivity index (χ4v) is 3.55. The Hall–Kier alpha value is -1.26. The van der Waals surface area contributed by atoms with Crippen LogP contribution < -0.4 is 4.74 Å². The van der Waals surface area contributed by atoms with Gasteiger partial charge in [0.05, 0.1) is 6.10 Å². The molecule has 0 unspecified atom stereocenters. The lowest BCUT2D eigenvalue weighted by molar-refractivity contribution is 0.155. The van der Waals surface area contributed by atoms with E-state index in [1.807, 2.05) is 18.2 Å². The lowest BCUT2D eigenvalue weighted by Crippen LogP contribution is -2.24. The van der Waals surface area contributed by atoms with E-state index >= 15 is 0 Å². The third-order valence-corrected chi connectivity index (χ3v) is 4.67. The van der Waals surface area contributed by atoms with Crippen LogP contribution in [-0.4, -0.2) is 20.6 Å². The monoisotopic (exact) mass is 351 g/mol. The van der Waals surface area contributed by atoms with Crippen LogP contribution in [0.4, 0.5) is 0 Å².